The van der Waals surface area contributed by atoms with Crippen LogP contribution >= 0.6 is 0 Å². The lowest BCUT2D eigenvalue weighted by Crippen LogP contribution is -2.12. The second-order valence-electron chi connectivity index (χ2n) is 2.08. The minimum absolute atomic E-state index is 0.212. The first-order valence-corrected chi connectivity index (χ1v) is 3.35. The second kappa shape index (κ2) is 4.30. The zero-order valence-corrected chi connectivity index (χ0v) is 6.36. The molecule has 0 bridgehead atoms. The SMILES string of the molecule is Nc1cccc(CONC=O)n1. The highest BCUT2D eigenvalue weighted by molar-refractivity contribution is 5.43. The van der Waals surface area contributed by atoms with Crippen molar-refractivity contribution in [2.75, 3.05) is 5.73 Å². The number of nitrogens with one attached hydrogen (secondary N) is 1. The summed E-state index contributed by atoms with van der Waals surface area (Å²) in [6.07, 6.45) is 0.451. The van der Waals surface area contributed by atoms with E-state index < -0.39 is 0 Å². The van der Waals surface area contributed by atoms with Crippen LogP contribution < -0.4 is 11.2 Å². The number of pyridine rings is 1. The summed E-state index contributed by atoms with van der Waals surface area (Å²) >= 11 is 0. The molecule has 0 unspecified atom stereocenters. The minimum atomic E-state index is 0.212. The van der Waals surface area contributed by atoms with Crippen LogP contribution in [0.3, 0.4) is 0 Å². The Labute approximate surface area is 69.5 Å². The van der Waals surface area contributed by atoms with E-state index in [4.69, 9.17) is 5.73 Å². The van der Waals surface area contributed by atoms with Gasteiger partial charge in [-0.1, -0.05) is 6.07 Å². The van der Waals surface area contributed by atoms with Crippen molar-refractivity contribution >= 4 is 12.2 Å². The lowest BCUT2D eigenvalue weighted by Gasteiger charge is -2.00. The number of carbonyl (C=O) groups excluding carboxylic acids is 1. The molecule has 1 rings (SSSR count). The van der Waals surface area contributed by atoms with Gasteiger partial charge in [0.15, 0.2) is 0 Å². The van der Waals surface area contributed by atoms with E-state index in [2.05, 4.69) is 15.3 Å². The molecule has 0 aromatic carbocycles. The predicted octanol–water partition coefficient (Wildman–Crippen LogP) is -0.159. The van der Waals surface area contributed by atoms with Crippen molar-refractivity contribution in [3.05, 3.63) is 23.9 Å². The average Bonchev–Trinajstić information content (AvgIpc) is 2.05. The molecule has 12 heavy (non-hydrogen) atoms. The normalized spacial score (nSPS) is 9.33. The van der Waals surface area contributed by atoms with Gasteiger partial charge >= 0.3 is 0 Å². The van der Waals surface area contributed by atoms with E-state index in [1.807, 2.05) is 0 Å². The highest BCUT2D eigenvalue weighted by Gasteiger charge is 1.93. The largest absolute Gasteiger partial charge is 0.384 e. The van der Waals surface area contributed by atoms with Crippen LogP contribution in [0.25, 0.3) is 0 Å². The van der Waals surface area contributed by atoms with E-state index in [9.17, 15) is 4.79 Å². The van der Waals surface area contributed by atoms with Crippen molar-refractivity contribution < 1.29 is 9.63 Å². The molecule has 5 nitrogen and oxygen atoms in total. The van der Waals surface area contributed by atoms with E-state index in [0.29, 0.717) is 17.9 Å². The van der Waals surface area contributed by atoms with Crippen LogP contribution in [0.4, 0.5) is 5.82 Å². The van der Waals surface area contributed by atoms with Gasteiger partial charge < -0.3 is 5.73 Å². The lowest BCUT2D eigenvalue weighted by atomic mass is 10.3. The molecule has 0 aliphatic rings. The Morgan fingerprint density at radius 2 is 2.50 bits per heavy atom. The third kappa shape index (κ3) is 2.55. The van der Waals surface area contributed by atoms with Crippen LogP contribution in [0.2, 0.25) is 0 Å². The molecule has 1 amide bonds. The van der Waals surface area contributed by atoms with E-state index in [0.717, 1.165) is 0 Å². The number of rotatable bonds is 4. The van der Waals surface area contributed by atoms with Gasteiger partial charge in [-0.15, -0.1) is 0 Å². The number of hydroxylamine groups is 1. The fourth-order valence-electron chi connectivity index (χ4n) is 0.728. The van der Waals surface area contributed by atoms with Crippen LogP contribution in [0, 0.1) is 0 Å². The van der Waals surface area contributed by atoms with Crippen LogP contribution in [-0.2, 0) is 16.2 Å². The van der Waals surface area contributed by atoms with Gasteiger partial charge in [0, 0.05) is 0 Å². The molecule has 5 heteroatoms. The van der Waals surface area contributed by atoms with Gasteiger partial charge in [-0.25, -0.2) is 10.5 Å². The molecule has 0 fully saturated rings. The summed E-state index contributed by atoms with van der Waals surface area (Å²) in [7, 11) is 0. The maximum atomic E-state index is 9.78. The van der Waals surface area contributed by atoms with Crippen LogP contribution in [-0.4, -0.2) is 11.4 Å². The topological polar surface area (TPSA) is 77.2 Å². The number of nitrogens with zero attached hydrogens (tertiary/aromatic N) is 1. The molecule has 0 spiro atoms. The van der Waals surface area contributed by atoms with Gasteiger partial charge in [-0.3, -0.25) is 9.63 Å². The van der Waals surface area contributed by atoms with Gasteiger partial charge in [0.2, 0.25) is 6.41 Å². The molecule has 64 valence electrons. The molecular formula is C7H9N3O2. The van der Waals surface area contributed by atoms with Crippen molar-refractivity contribution in [2.45, 2.75) is 6.61 Å². The van der Waals surface area contributed by atoms with Crippen LogP contribution in [0.1, 0.15) is 5.69 Å². The fraction of sp³-hybridized carbons (Fsp3) is 0.143. The second-order valence-corrected chi connectivity index (χ2v) is 2.08. The quantitative estimate of drug-likeness (QED) is 0.371. The van der Waals surface area contributed by atoms with Crippen molar-refractivity contribution in [3.8, 4) is 0 Å². The van der Waals surface area contributed by atoms with E-state index in [1.54, 1.807) is 18.2 Å². The Bertz CT molecular complexity index is 265. The molecule has 1 aromatic rings. The number of nitrogen functional groups attached to an aromatic ring is 1. The Kier molecular flexibility index (Phi) is 3.04. The Hall–Kier alpha value is -1.62. The predicted molar refractivity (Wildman–Crippen MR) is 42.6 cm³/mol. The average molecular weight is 167 g/mol. The Morgan fingerprint density at radius 3 is 3.17 bits per heavy atom. The third-order valence-electron chi connectivity index (χ3n) is 1.18. The maximum Gasteiger partial charge on any atom is 0.230 e. The third-order valence-corrected chi connectivity index (χ3v) is 1.18. The first-order valence-electron chi connectivity index (χ1n) is 3.35. The number of anilines is 1. The van der Waals surface area contributed by atoms with E-state index in [-0.39, 0.29) is 6.61 Å². The highest BCUT2D eigenvalue weighted by atomic mass is 16.6. The molecule has 0 atom stereocenters. The summed E-state index contributed by atoms with van der Waals surface area (Å²) in [5.74, 6) is 0.433. The van der Waals surface area contributed by atoms with Gasteiger partial charge in [0.25, 0.3) is 0 Å². The molecule has 3 N–H and O–H groups in total. The van der Waals surface area contributed by atoms with E-state index >= 15 is 0 Å². The van der Waals surface area contributed by atoms with Crippen molar-refractivity contribution in [1.82, 2.24) is 10.5 Å². The molecule has 1 heterocycles. The number of hydrogen-bond donors (Lipinski definition) is 2. The van der Waals surface area contributed by atoms with Gasteiger partial charge in [-0.2, -0.15) is 0 Å². The molecular weight excluding hydrogens is 158 g/mol. The van der Waals surface area contributed by atoms with Crippen LogP contribution in [0.15, 0.2) is 18.2 Å². The summed E-state index contributed by atoms with van der Waals surface area (Å²) in [5.41, 5.74) is 8.13. The zero-order chi connectivity index (χ0) is 8.81. The highest BCUT2D eigenvalue weighted by Crippen LogP contribution is 2.00. The minimum Gasteiger partial charge on any atom is -0.384 e. The van der Waals surface area contributed by atoms with Gasteiger partial charge in [-0.05, 0) is 12.1 Å². The number of hydrogen-bond acceptors (Lipinski definition) is 4. The monoisotopic (exact) mass is 167 g/mol. The molecule has 0 saturated heterocycles. The maximum absolute atomic E-state index is 9.78. The summed E-state index contributed by atoms with van der Waals surface area (Å²) in [6, 6.07) is 5.20. The number of aromatic nitrogens is 1. The van der Waals surface area contributed by atoms with Crippen molar-refractivity contribution in [3.63, 3.8) is 0 Å². The van der Waals surface area contributed by atoms with Gasteiger partial charge in [0.1, 0.15) is 12.4 Å². The standard InChI is InChI=1S/C7H9N3O2/c8-7-3-1-2-6(10-7)4-12-9-5-11/h1-3,5H,4H2,(H2,8,10)(H,9,11). The first kappa shape index (κ1) is 8.48. The van der Waals surface area contributed by atoms with E-state index in [1.165, 1.54) is 0 Å². The number of nitrogens with two attached hydrogens (primary N) is 1. The lowest BCUT2D eigenvalue weighted by molar-refractivity contribution is -0.121. The summed E-state index contributed by atoms with van der Waals surface area (Å²) in [5, 5.41) is 0. The van der Waals surface area contributed by atoms with Crippen molar-refractivity contribution in [1.29, 1.82) is 0 Å². The molecule has 0 aliphatic carbocycles. The van der Waals surface area contributed by atoms with Crippen molar-refractivity contribution in [2.24, 2.45) is 0 Å². The summed E-state index contributed by atoms with van der Waals surface area (Å²) in [6.45, 7) is 0.212. The first-order chi connectivity index (χ1) is 5.83. The number of amides is 1. The summed E-state index contributed by atoms with van der Waals surface area (Å²) < 4.78 is 0. The molecule has 0 radical (unpaired) electrons. The smallest absolute Gasteiger partial charge is 0.230 e. The van der Waals surface area contributed by atoms with Crippen LogP contribution in [0.5, 0.6) is 0 Å². The van der Waals surface area contributed by atoms with Gasteiger partial charge in [0.05, 0.1) is 5.69 Å². The number of carbonyl (C=O) groups is 1. The summed E-state index contributed by atoms with van der Waals surface area (Å²) in [4.78, 5) is 18.4. The Morgan fingerprint density at radius 1 is 1.67 bits per heavy atom. The molecule has 0 saturated carbocycles. The zero-order valence-electron chi connectivity index (χ0n) is 6.36. The molecule has 0 aliphatic heterocycles. The molecule has 1 aromatic heterocycles. The fourth-order valence-corrected chi connectivity index (χ4v) is 0.728. The Balaban J connectivity index is 2.46.